The molecule has 90 valence electrons. The highest BCUT2D eigenvalue weighted by atomic mass is 19.1. The van der Waals surface area contributed by atoms with Gasteiger partial charge in [-0.15, -0.1) is 0 Å². The van der Waals surface area contributed by atoms with Crippen molar-refractivity contribution in [1.29, 1.82) is 0 Å². The molecule has 0 radical (unpaired) electrons. The van der Waals surface area contributed by atoms with Gasteiger partial charge in [0.1, 0.15) is 17.3 Å². The first-order valence-corrected chi connectivity index (χ1v) is 5.65. The van der Waals surface area contributed by atoms with Gasteiger partial charge in [-0.25, -0.2) is 4.39 Å². The van der Waals surface area contributed by atoms with E-state index in [-0.39, 0.29) is 11.9 Å². The molecule has 0 saturated carbocycles. The summed E-state index contributed by atoms with van der Waals surface area (Å²) in [4.78, 5) is 0. The first-order valence-electron chi connectivity index (χ1n) is 5.65. The fourth-order valence-electron chi connectivity index (χ4n) is 1.78. The Labute approximate surface area is 100 Å². The first kappa shape index (κ1) is 11.7. The number of aryl methyl sites for hydroxylation is 2. The number of furan rings is 1. The fraction of sp³-hybridized carbons (Fsp3) is 0.286. The highest BCUT2D eigenvalue weighted by Crippen LogP contribution is 2.23. The van der Waals surface area contributed by atoms with E-state index in [1.165, 1.54) is 12.1 Å². The molecule has 0 bridgehead atoms. The minimum absolute atomic E-state index is 0.0628. The van der Waals surface area contributed by atoms with Crippen LogP contribution in [0.2, 0.25) is 0 Å². The van der Waals surface area contributed by atoms with Gasteiger partial charge in [0.05, 0.1) is 6.04 Å². The van der Waals surface area contributed by atoms with E-state index < -0.39 is 0 Å². The smallest absolute Gasteiger partial charge is 0.126 e. The molecule has 1 atom stereocenters. The lowest BCUT2D eigenvalue weighted by Crippen LogP contribution is -2.06. The fourth-order valence-corrected chi connectivity index (χ4v) is 1.78. The van der Waals surface area contributed by atoms with Crippen molar-refractivity contribution in [3.63, 3.8) is 0 Å². The molecular formula is C14H16FNO. The molecular weight excluding hydrogens is 217 g/mol. The number of rotatable bonds is 3. The van der Waals surface area contributed by atoms with Crippen molar-refractivity contribution >= 4 is 5.69 Å². The average Bonchev–Trinajstić information content (AvgIpc) is 2.69. The molecule has 2 aromatic rings. The highest BCUT2D eigenvalue weighted by Gasteiger charge is 2.10. The molecule has 3 heteroatoms. The van der Waals surface area contributed by atoms with Gasteiger partial charge >= 0.3 is 0 Å². The molecule has 1 aromatic carbocycles. The van der Waals surface area contributed by atoms with Gasteiger partial charge in [0.15, 0.2) is 0 Å². The van der Waals surface area contributed by atoms with Crippen molar-refractivity contribution in [3.05, 3.63) is 53.2 Å². The zero-order chi connectivity index (χ0) is 12.4. The summed E-state index contributed by atoms with van der Waals surface area (Å²) in [6, 6.07) is 8.67. The Morgan fingerprint density at radius 2 is 1.94 bits per heavy atom. The van der Waals surface area contributed by atoms with Crippen LogP contribution in [0.15, 0.2) is 34.7 Å². The van der Waals surface area contributed by atoms with Gasteiger partial charge in [0.2, 0.25) is 0 Å². The largest absolute Gasteiger partial charge is 0.464 e. The second-order valence-corrected chi connectivity index (χ2v) is 4.27. The van der Waals surface area contributed by atoms with Gasteiger partial charge in [0.25, 0.3) is 0 Å². The molecule has 0 fully saturated rings. The monoisotopic (exact) mass is 233 g/mol. The van der Waals surface area contributed by atoms with Crippen molar-refractivity contribution in [3.8, 4) is 0 Å². The van der Waals surface area contributed by atoms with E-state index in [0.717, 1.165) is 22.8 Å². The Balaban J connectivity index is 2.15. The number of benzene rings is 1. The highest BCUT2D eigenvalue weighted by molar-refractivity contribution is 5.51. The van der Waals surface area contributed by atoms with Crippen LogP contribution in [0.3, 0.4) is 0 Å². The lowest BCUT2D eigenvalue weighted by Gasteiger charge is -2.15. The van der Waals surface area contributed by atoms with E-state index in [1.54, 1.807) is 6.07 Å². The molecule has 0 amide bonds. The number of hydrogen-bond donors (Lipinski definition) is 1. The summed E-state index contributed by atoms with van der Waals surface area (Å²) in [5, 5.41) is 3.31. The summed E-state index contributed by atoms with van der Waals surface area (Å²) in [7, 11) is 0. The van der Waals surface area contributed by atoms with Crippen LogP contribution in [0.25, 0.3) is 0 Å². The van der Waals surface area contributed by atoms with Crippen molar-refractivity contribution < 1.29 is 8.81 Å². The number of anilines is 1. The first-order chi connectivity index (χ1) is 8.06. The van der Waals surface area contributed by atoms with Crippen molar-refractivity contribution in [2.45, 2.75) is 26.8 Å². The van der Waals surface area contributed by atoms with Crippen molar-refractivity contribution in [2.75, 3.05) is 5.32 Å². The summed E-state index contributed by atoms with van der Waals surface area (Å²) in [6.07, 6.45) is 0. The van der Waals surface area contributed by atoms with Crippen LogP contribution in [0.4, 0.5) is 10.1 Å². The molecule has 1 N–H and O–H groups in total. The standard InChI is InChI=1S/C14H16FNO/c1-9-8-12(15)5-6-13(9)16-11(3)14-7-4-10(2)17-14/h4-8,11,16H,1-3H3. The average molecular weight is 233 g/mol. The molecule has 2 nitrogen and oxygen atoms in total. The summed E-state index contributed by atoms with van der Waals surface area (Å²) in [5.74, 6) is 1.56. The van der Waals surface area contributed by atoms with E-state index in [1.807, 2.05) is 32.9 Å². The van der Waals surface area contributed by atoms with Gasteiger partial charge in [-0.1, -0.05) is 0 Å². The Morgan fingerprint density at radius 1 is 1.18 bits per heavy atom. The summed E-state index contributed by atoms with van der Waals surface area (Å²) in [6.45, 7) is 5.81. The maximum absolute atomic E-state index is 13.0. The molecule has 1 unspecified atom stereocenters. The maximum atomic E-state index is 13.0. The van der Waals surface area contributed by atoms with E-state index >= 15 is 0 Å². The summed E-state index contributed by atoms with van der Waals surface area (Å²) >= 11 is 0. The SMILES string of the molecule is Cc1ccc(C(C)Nc2ccc(F)cc2C)o1. The van der Waals surface area contributed by atoms with Crippen molar-refractivity contribution in [2.24, 2.45) is 0 Å². The number of halogens is 1. The third-order valence-corrected chi connectivity index (χ3v) is 2.75. The van der Waals surface area contributed by atoms with Crippen LogP contribution in [-0.2, 0) is 0 Å². The van der Waals surface area contributed by atoms with Crippen molar-refractivity contribution in [1.82, 2.24) is 0 Å². The van der Waals surface area contributed by atoms with Gasteiger partial charge < -0.3 is 9.73 Å². The molecule has 0 aliphatic rings. The minimum Gasteiger partial charge on any atom is -0.464 e. The zero-order valence-corrected chi connectivity index (χ0v) is 10.3. The van der Waals surface area contributed by atoms with Crippen LogP contribution < -0.4 is 5.32 Å². The minimum atomic E-state index is -0.213. The lowest BCUT2D eigenvalue weighted by molar-refractivity contribution is 0.467. The molecule has 0 saturated heterocycles. The summed E-state index contributed by atoms with van der Waals surface area (Å²) in [5.41, 5.74) is 1.81. The topological polar surface area (TPSA) is 25.2 Å². The molecule has 2 rings (SSSR count). The van der Waals surface area contributed by atoms with Crippen LogP contribution in [0, 0.1) is 19.7 Å². The Hall–Kier alpha value is -1.77. The van der Waals surface area contributed by atoms with Gasteiger partial charge in [-0.3, -0.25) is 0 Å². The number of nitrogens with one attached hydrogen (secondary N) is 1. The van der Waals surface area contributed by atoms with Gasteiger partial charge in [0, 0.05) is 5.69 Å². The van der Waals surface area contributed by atoms with Gasteiger partial charge in [-0.05, 0) is 56.7 Å². The third-order valence-electron chi connectivity index (χ3n) is 2.75. The van der Waals surface area contributed by atoms with E-state index in [2.05, 4.69) is 5.32 Å². The normalized spacial score (nSPS) is 12.5. The summed E-state index contributed by atoms with van der Waals surface area (Å²) < 4.78 is 18.5. The third kappa shape index (κ3) is 2.67. The van der Waals surface area contributed by atoms with Gasteiger partial charge in [-0.2, -0.15) is 0 Å². The van der Waals surface area contributed by atoms with Crippen LogP contribution >= 0.6 is 0 Å². The Bertz CT molecular complexity index is 519. The molecule has 1 aromatic heterocycles. The quantitative estimate of drug-likeness (QED) is 0.859. The van der Waals surface area contributed by atoms with E-state index in [0.29, 0.717) is 0 Å². The maximum Gasteiger partial charge on any atom is 0.126 e. The molecule has 0 spiro atoms. The molecule has 0 aliphatic heterocycles. The number of hydrogen-bond acceptors (Lipinski definition) is 2. The molecule has 17 heavy (non-hydrogen) atoms. The Morgan fingerprint density at radius 3 is 2.53 bits per heavy atom. The molecule has 0 aliphatic carbocycles. The predicted molar refractivity (Wildman–Crippen MR) is 66.6 cm³/mol. The second kappa shape index (κ2) is 4.62. The van der Waals surface area contributed by atoms with Crippen LogP contribution in [-0.4, -0.2) is 0 Å². The van der Waals surface area contributed by atoms with E-state index in [9.17, 15) is 4.39 Å². The molecule has 1 heterocycles. The van der Waals surface area contributed by atoms with Crippen LogP contribution in [0.5, 0.6) is 0 Å². The Kier molecular flexibility index (Phi) is 3.18. The lowest BCUT2D eigenvalue weighted by atomic mass is 10.1. The van der Waals surface area contributed by atoms with Crippen LogP contribution in [0.1, 0.15) is 30.0 Å². The van der Waals surface area contributed by atoms with E-state index in [4.69, 9.17) is 4.42 Å². The second-order valence-electron chi connectivity index (χ2n) is 4.27. The zero-order valence-electron chi connectivity index (χ0n) is 10.3. The predicted octanol–water partition coefficient (Wildman–Crippen LogP) is 4.21.